The molecule has 3 nitrogen and oxygen atoms in total. The Bertz CT molecular complexity index is 568. The van der Waals surface area contributed by atoms with Crippen molar-refractivity contribution in [3.8, 4) is 11.5 Å². The molecule has 0 aliphatic heterocycles. The van der Waals surface area contributed by atoms with Crippen molar-refractivity contribution in [2.75, 3.05) is 0 Å². The number of aliphatic hydroxyl groups is 1. The van der Waals surface area contributed by atoms with E-state index in [1.165, 1.54) is 0 Å². The van der Waals surface area contributed by atoms with Gasteiger partial charge in [0.2, 0.25) is 0 Å². The van der Waals surface area contributed by atoms with Crippen LogP contribution in [0.2, 0.25) is 0 Å². The molecule has 0 saturated heterocycles. The van der Waals surface area contributed by atoms with Gasteiger partial charge in [0.15, 0.2) is 0 Å². The van der Waals surface area contributed by atoms with Crippen LogP contribution in [0.25, 0.3) is 0 Å². The van der Waals surface area contributed by atoms with E-state index in [4.69, 9.17) is 4.74 Å². The zero-order chi connectivity index (χ0) is 14.8. The van der Waals surface area contributed by atoms with Gasteiger partial charge in [-0.05, 0) is 30.5 Å². The van der Waals surface area contributed by atoms with Crippen molar-refractivity contribution in [1.29, 1.82) is 0 Å². The molecule has 20 heavy (non-hydrogen) atoms. The normalized spacial score (nSPS) is 13.1. The number of benzene rings is 1. The Morgan fingerprint density at radius 2 is 1.80 bits per heavy atom. The van der Waals surface area contributed by atoms with Crippen LogP contribution in [0.1, 0.15) is 45.1 Å². The summed E-state index contributed by atoms with van der Waals surface area (Å²) < 4.78 is 5.93. The molecule has 2 rings (SSSR count). The lowest BCUT2D eigenvalue weighted by molar-refractivity contribution is 0.194. The highest BCUT2D eigenvalue weighted by molar-refractivity contribution is 5.41. The van der Waals surface area contributed by atoms with E-state index in [1.54, 1.807) is 19.2 Å². The smallest absolute Gasteiger partial charge is 0.145 e. The number of para-hydroxylation sites is 1. The van der Waals surface area contributed by atoms with E-state index in [1.807, 2.05) is 24.3 Å². The molecule has 1 aromatic heterocycles. The summed E-state index contributed by atoms with van der Waals surface area (Å²) in [7, 11) is 0. The molecule has 0 fully saturated rings. The van der Waals surface area contributed by atoms with Crippen LogP contribution in [0, 0.1) is 0 Å². The number of aliphatic hydroxyl groups excluding tert-OH is 1. The fraction of sp³-hybridized carbons (Fsp3) is 0.353. The van der Waals surface area contributed by atoms with Gasteiger partial charge in [-0.3, -0.25) is 4.98 Å². The summed E-state index contributed by atoms with van der Waals surface area (Å²) in [5, 5.41) is 9.45. The number of aromatic nitrogens is 1. The average Bonchev–Trinajstić information content (AvgIpc) is 2.38. The monoisotopic (exact) mass is 271 g/mol. The Morgan fingerprint density at radius 1 is 1.10 bits per heavy atom. The van der Waals surface area contributed by atoms with Gasteiger partial charge in [-0.25, -0.2) is 0 Å². The van der Waals surface area contributed by atoms with Crippen molar-refractivity contribution in [3.05, 3.63) is 53.9 Å². The Balaban J connectivity index is 2.26. The molecule has 1 N–H and O–H groups in total. The summed E-state index contributed by atoms with van der Waals surface area (Å²) >= 11 is 0. The summed E-state index contributed by atoms with van der Waals surface area (Å²) in [5.41, 5.74) is 1.81. The van der Waals surface area contributed by atoms with Crippen molar-refractivity contribution in [1.82, 2.24) is 4.98 Å². The second-order valence-electron chi connectivity index (χ2n) is 5.94. The second-order valence-corrected chi connectivity index (χ2v) is 5.94. The average molecular weight is 271 g/mol. The number of hydrogen-bond donors (Lipinski definition) is 1. The third kappa shape index (κ3) is 3.36. The van der Waals surface area contributed by atoms with Crippen LogP contribution in [0.3, 0.4) is 0 Å². The molecule has 0 aliphatic carbocycles. The number of nitrogens with zero attached hydrogens (tertiary/aromatic N) is 1. The number of ether oxygens (including phenoxy) is 1. The fourth-order valence-corrected chi connectivity index (χ4v) is 2.00. The summed E-state index contributed by atoms with van der Waals surface area (Å²) in [5.74, 6) is 1.51. The third-order valence-electron chi connectivity index (χ3n) is 3.11. The molecule has 106 valence electrons. The van der Waals surface area contributed by atoms with Crippen LogP contribution < -0.4 is 4.74 Å². The molecule has 0 amide bonds. The van der Waals surface area contributed by atoms with Gasteiger partial charge in [0.1, 0.15) is 11.5 Å². The lowest BCUT2D eigenvalue weighted by Crippen LogP contribution is -2.12. The number of rotatable bonds is 3. The maximum atomic E-state index is 9.45. The summed E-state index contributed by atoms with van der Waals surface area (Å²) in [6, 6.07) is 11.6. The van der Waals surface area contributed by atoms with E-state index in [9.17, 15) is 5.11 Å². The van der Waals surface area contributed by atoms with Crippen LogP contribution in [0.4, 0.5) is 0 Å². The first-order chi connectivity index (χ1) is 9.38. The summed E-state index contributed by atoms with van der Waals surface area (Å²) in [6.45, 7) is 8.16. The van der Waals surface area contributed by atoms with Crippen molar-refractivity contribution >= 4 is 0 Å². The predicted molar refractivity (Wildman–Crippen MR) is 80.1 cm³/mol. The van der Waals surface area contributed by atoms with Crippen LogP contribution in [0.15, 0.2) is 42.6 Å². The first-order valence-electron chi connectivity index (χ1n) is 6.79. The molecule has 3 heteroatoms. The first kappa shape index (κ1) is 14.5. The van der Waals surface area contributed by atoms with E-state index in [0.717, 1.165) is 11.3 Å². The molecule has 2 aromatic rings. The van der Waals surface area contributed by atoms with E-state index in [-0.39, 0.29) is 5.41 Å². The van der Waals surface area contributed by atoms with E-state index in [2.05, 4.69) is 31.8 Å². The maximum absolute atomic E-state index is 9.45. The molecule has 0 spiro atoms. The van der Waals surface area contributed by atoms with Crippen molar-refractivity contribution in [2.45, 2.75) is 39.2 Å². The van der Waals surface area contributed by atoms with Crippen LogP contribution in [-0.2, 0) is 5.41 Å². The van der Waals surface area contributed by atoms with Crippen molar-refractivity contribution in [3.63, 3.8) is 0 Å². The largest absolute Gasteiger partial charge is 0.455 e. The minimum atomic E-state index is -0.564. The zero-order valence-electron chi connectivity index (χ0n) is 12.4. The maximum Gasteiger partial charge on any atom is 0.145 e. The van der Waals surface area contributed by atoms with Gasteiger partial charge in [0.25, 0.3) is 0 Å². The van der Waals surface area contributed by atoms with Gasteiger partial charge in [-0.1, -0.05) is 39.0 Å². The third-order valence-corrected chi connectivity index (χ3v) is 3.11. The lowest BCUT2D eigenvalue weighted by Gasteiger charge is -2.22. The summed E-state index contributed by atoms with van der Waals surface area (Å²) in [4.78, 5) is 4.19. The topological polar surface area (TPSA) is 42.4 Å². The van der Waals surface area contributed by atoms with Gasteiger partial charge in [-0.15, -0.1) is 0 Å². The highest BCUT2D eigenvalue weighted by atomic mass is 16.5. The highest BCUT2D eigenvalue weighted by Gasteiger charge is 2.18. The van der Waals surface area contributed by atoms with E-state index >= 15 is 0 Å². The van der Waals surface area contributed by atoms with E-state index < -0.39 is 6.10 Å². The zero-order valence-corrected chi connectivity index (χ0v) is 12.4. The summed E-state index contributed by atoms with van der Waals surface area (Å²) in [6.07, 6.45) is 1.08. The minimum Gasteiger partial charge on any atom is -0.455 e. The van der Waals surface area contributed by atoms with Crippen molar-refractivity contribution < 1.29 is 9.84 Å². The molecule has 1 heterocycles. The standard InChI is InChI=1S/C17H21NO2/c1-12(19)15-10-9-13(11-18-15)20-16-8-6-5-7-14(16)17(2,3)4/h5-12,19H,1-4H3. The molecule has 0 aliphatic rings. The Labute approximate surface area is 120 Å². The molecule has 0 saturated carbocycles. The van der Waals surface area contributed by atoms with Gasteiger partial charge < -0.3 is 9.84 Å². The highest BCUT2D eigenvalue weighted by Crippen LogP contribution is 2.33. The predicted octanol–water partition coefficient (Wildman–Crippen LogP) is 4.22. The number of pyridine rings is 1. The van der Waals surface area contributed by atoms with Gasteiger partial charge in [0.05, 0.1) is 18.0 Å². The first-order valence-corrected chi connectivity index (χ1v) is 6.79. The molecular formula is C17H21NO2. The van der Waals surface area contributed by atoms with Crippen molar-refractivity contribution in [2.24, 2.45) is 0 Å². The van der Waals surface area contributed by atoms with Gasteiger partial charge in [0, 0.05) is 5.56 Å². The van der Waals surface area contributed by atoms with Crippen LogP contribution >= 0.6 is 0 Å². The number of hydrogen-bond acceptors (Lipinski definition) is 3. The molecule has 0 bridgehead atoms. The molecule has 1 unspecified atom stereocenters. The second kappa shape index (κ2) is 5.63. The lowest BCUT2D eigenvalue weighted by atomic mass is 9.86. The molecular weight excluding hydrogens is 250 g/mol. The van der Waals surface area contributed by atoms with E-state index in [0.29, 0.717) is 11.4 Å². The quantitative estimate of drug-likeness (QED) is 0.908. The SMILES string of the molecule is CC(O)c1ccc(Oc2ccccc2C(C)(C)C)cn1. The minimum absolute atomic E-state index is 0.0174. The van der Waals surface area contributed by atoms with Gasteiger partial charge >= 0.3 is 0 Å². The van der Waals surface area contributed by atoms with Crippen LogP contribution in [-0.4, -0.2) is 10.1 Å². The fourth-order valence-electron chi connectivity index (χ4n) is 2.00. The molecule has 0 radical (unpaired) electrons. The Hall–Kier alpha value is -1.87. The molecule has 1 aromatic carbocycles. The Kier molecular flexibility index (Phi) is 4.09. The van der Waals surface area contributed by atoms with Crippen LogP contribution in [0.5, 0.6) is 11.5 Å². The van der Waals surface area contributed by atoms with Gasteiger partial charge in [-0.2, -0.15) is 0 Å². The Morgan fingerprint density at radius 3 is 2.35 bits per heavy atom. The molecule has 1 atom stereocenters.